The molecule has 1 aromatic heterocycles. The molecule has 3 rings (SSSR count). The normalized spacial score (nSPS) is 11.2. The van der Waals surface area contributed by atoms with E-state index in [-0.39, 0.29) is 5.57 Å². The lowest BCUT2D eigenvalue weighted by Gasteiger charge is -2.11. The molecule has 2 aromatic carbocycles. The number of carbonyl (C=O) groups is 1. The van der Waals surface area contributed by atoms with Crippen LogP contribution in [-0.2, 0) is 11.2 Å². The number of ether oxygens (including phenoxy) is 1. The van der Waals surface area contributed by atoms with Gasteiger partial charge in [0, 0.05) is 22.8 Å². The molecule has 0 atom stereocenters. The van der Waals surface area contributed by atoms with Crippen molar-refractivity contribution < 1.29 is 9.53 Å². The molecule has 0 saturated carbocycles. The fourth-order valence-electron chi connectivity index (χ4n) is 3.83. The summed E-state index contributed by atoms with van der Waals surface area (Å²) in [6, 6.07) is 19.7. The minimum absolute atomic E-state index is 0.0547. The first-order chi connectivity index (χ1) is 16.0. The number of aryl methyl sites for hydroxylation is 2. The molecule has 0 aliphatic heterocycles. The number of carbonyl (C=O) groups excluding carboxylic acids is 1. The van der Waals surface area contributed by atoms with E-state index in [4.69, 9.17) is 4.74 Å². The zero-order valence-electron chi connectivity index (χ0n) is 19.8. The third-order valence-electron chi connectivity index (χ3n) is 5.57. The Hall–Kier alpha value is -3.78. The van der Waals surface area contributed by atoms with Gasteiger partial charge in [0.2, 0.25) is 0 Å². The van der Waals surface area contributed by atoms with Gasteiger partial charge in [-0.15, -0.1) is 0 Å². The summed E-state index contributed by atoms with van der Waals surface area (Å²) in [5.41, 5.74) is 5.95. The van der Waals surface area contributed by atoms with Crippen molar-refractivity contribution in [2.45, 2.75) is 47.0 Å². The number of nitrogens with one attached hydrogen (secondary N) is 1. The van der Waals surface area contributed by atoms with E-state index in [1.54, 1.807) is 30.3 Å². The van der Waals surface area contributed by atoms with Crippen molar-refractivity contribution in [1.29, 1.82) is 5.26 Å². The van der Waals surface area contributed by atoms with Gasteiger partial charge in [0.05, 0.1) is 6.61 Å². The van der Waals surface area contributed by atoms with Crippen LogP contribution in [0.5, 0.6) is 5.75 Å². The molecule has 0 saturated heterocycles. The van der Waals surface area contributed by atoms with E-state index in [1.165, 1.54) is 18.4 Å². The SMILES string of the molecule is CCCCc1ccc(-n2c(C)cc(/C=C(/C#N)C(=O)Nc3ccc(OCC)cc3)c2C)cc1. The Morgan fingerprint density at radius 2 is 1.79 bits per heavy atom. The van der Waals surface area contributed by atoms with Crippen molar-refractivity contribution in [3.05, 3.63) is 82.7 Å². The van der Waals surface area contributed by atoms with Gasteiger partial charge in [0.1, 0.15) is 17.4 Å². The molecule has 0 bridgehead atoms. The minimum atomic E-state index is -0.438. The molecule has 5 heteroatoms. The van der Waals surface area contributed by atoms with Gasteiger partial charge in [0.15, 0.2) is 0 Å². The minimum Gasteiger partial charge on any atom is -0.494 e. The van der Waals surface area contributed by atoms with Gasteiger partial charge in [-0.25, -0.2) is 0 Å². The average Bonchev–Trinajstić information content (AvgIpc) is 3.10. The molecule has 0 unspecified atom stereocenters. The summed E-state index contributed by atoms with van der Waals surface area (Å²) in [5.74, 6) is 0.295. The molecule has 170 valence electrons. The van der Waals surface area contributed by atoms with Crippen LogP contribution in [0.1, 0.15) is 49.2 Å². The van der Waals surface area contributed by atoms with Crippen molar-refractivity contribution in [1.82, 2.24) is 4.57 Å². The van der Waals surface area contributed by atoms with Gasteiger partial charge in [-0.3, -0.25) is 4.79 Å². The maximum Gasteiger partial charge on any atom is 0.266 e. The summed E-state index contributed by atoms with van der Waals surface area (Å²) in [6.07, 6.45) is 5.11. The summed E-state index contributed by atoms with van der Waals surface area (Å²) >= 11 is 0. The maximum absolute atomic E-state index is 12.7. The van der Waals surface area contributed by atoms with Crippen molar-refractivity contribution in [2.24, 2.45) is 0 Å². The zero-order valence-corrected chi connectivity index (χ0v) is 19.8. The molecular formula is C28H31N3O2. The van der Waals surface area contributed by atoms with Crippen LogP contribution in [0, 0.1) is 25.2 Å². The predicted molar refractivity (Wildman–Crippen MR) is 134 cm³/mol. The third kappa shape index (κ3) is 5.93. The first-order valence-corrected chi connectivity index (χ1v) is 11.4. The summed E-state index contributed by atoms with van der Waals surface area (Å²) in [7, 11) is 0. The Bertz CT molecular complexity index is 1160. The predicted octanol–water partition coefficient (Wildman–Crippen LogP) is 6.38. The van der Waals surface area contributed by atoms with Gasteiger partial charge in [0.25, 0.3) is 5.91 Å². The van der Waals surface area contributed by atoms with E-state index in [0.717, 1.165) is 34.8 Å². The maximum atomic E-state index is 12.7. The quantitative estimate of drug-likeness (QED) is 0.309. The third-order valence-corrected chi connectivity index (χ3v) is 5.57. The topological polar surface area (TPSA) is 67.0 Å². The molecule has 0 fully saturated rings. The molecule has 0 radical (unpaired) electrons. The molecule has 1 heterocycles. The van der Waals surface area contributed by atoms with Crippen LogP contribution in [0.25, 0.3) is 11.8 Å². The number of aromatic nitrogens is 1. The first-order valence-electron chi connectivity index (χ1n) is 11.4. The van der Waals surface area contributed by atoms with Crippen LogP contribution in [0.2, 0.25) is 0 Å². The molecule has 3 aromatic rings. The molecule has 1 amide bonds. The highest BCUT2D eigenvalue weighted by molar-refractivity contribution is 6.09. The molecular weight excluding hydrogens is 410 g/mol. The van der Waals surface area contributed by atoms with Gasteiger partial charge < -0.3 is 14.6 Å². The lowest BCUT2D eigenvalue weighted by molar-refractivity contribution is -0.112. The highest BCUT2D eigenvalue weighted by Crippen LogP contribution is 2.24. The Morgan fingerprint density at radius 3 is 2.39 bits per heavy atom. The molecule has 5 nitrogen and oxygen atoms in total. The standard InChI is InChI=1S/C28H31N3O2/c1-5-7-8-22-9-13-26(14-10-22)31-20(3)17-23(21(31)4)18-24(19-29)28(32)30-25-11-15-27(16-12-25)33-6-2/h9-18H,5-8H2,1-4H3,(H,30,32)/b24-18-. The Morgan fingerprint density at radius 1 is 1.09 bits per heavy atom. The van der Waals surface area contributed by atoms with Crippen molar-refractivity contribution >= 4 is 17.7 Å². The second kappa shape index (κ2) is 11.2. The van der Waals surface area contributed by atoms with Gasteiger partial charge in [-0.2, -0.15) is 5.26 Å². The largest absolute Gasteiger partial charge is 0.494 e. The van der Waals surface area contributed by atoms with Crippen LogP contribution in [0.3, 0.4) is 0 Å². The monoisotopic (exact) mass is 441 g/mol. The molecule has 0 spiro atoms. The van der Waals surface area contributed by atoms with E-state index in [0.29, 0.717) is 12.3 Å². The lowest BCUT2D eigenvalue weighted by atomic mass is 10.1. The summed E-state index contributed by atoms with van der Waals surface area (Å²) in [4.78, 5) is 12.7. The van der Waals surface area contributed by atoms with Crippen LogP contribution in [0.15, 0.2) is 60.2 Å². The van der Waals surface area contributed by atoms with E-state index in [9.17, 15) is 10.1 Å². The summed E-state index contributed by atoms with van der Waals surface area (Å²) in [5, 5.41) is 12.4. The molecule has 1 N–H and O–H groups in total. The number of hydrogen-bond acceptors (Lipinski definition) is 3. The molecule has 0 aliphatic carbocycles. The Balaban J connectivity index is 1.81. The molecule has 0 aliphatic rings. The summed E-state index contributed by atoms with van der Waals surface area (Å²) < 4.78 is 7.57. The van der Waals surface area contributed by atoms with Crippen molar-refractivity contribution in [3.63, 3.8) is 0 Å². The van der Waals surface area contributed by atoms with Gasteiger partial charge in [-0.05, 0) is 93.3 Å². The number of benzene rings is 2. The lowest BCUT2D eigenvalue weighted by Crippen LogP contribution is -2.13. The Kier molecular flexibility index (Phi) is 8.10. The smallest absolute Gasteiger partial charge is 0.266 e. The number of hydrogen-bond donors (Lipinski definition) is 1. The number of amides is 1. The zero-order chi connectivity index (χ0) is 23.8. The number of unbranched alkanes of at least 4 members (excludes halogenated alkanes) is 1. The van der Waals surface area contributed by atoms with Crippen molar-refractivity contribution in [3.8, 4) is 17.5 Å². The van der Waals surface area contributed by atoms with Crippen LogP contribution in [-0.4, -0.2) is 17.1 Å². The fraction of sp³-hybridized carbons (Fsp3) is 0.286. The second-order valence-electron chi connectivity index (χ2n) is 8.01. The number of nitriles is 1. The highest BCUT2D eigenvalue weighted by Gasteiger charge is 2.14. The summed E-state index contributed by atoms with van der Waals surface area (Å²) in [6.45, 7) is 8.72. The Labute approximate surface area is 196 Å². The van der Waals surface area contributed by atoms with E-state index in [2.05, 4.69) is 41.1 Å². The number of nitrogens with zero attached hydrogens (tertiary/aromatic N) is 2. The van der Waals surface area contributed by atoms with Crippen LogP contribution >= 0.6 is 0 Å². The molecule has 33 heavy (non-hydrogen) atoms. The fourth-order valence-corrected chi connectivity index (χ4v) is 3.83. The van der Waals surface area contributed by atoms with E-state index >= 15 is 0 Å². The van der Waals surface area contributed by atoms with Gasteiger partial charge >= 0.3 is 0 Å². The second-order valence-corrected chi connectivity index (χ2v) is 8.01. The van der Waals surface area contributed by atoms with Crippen molar-refractivity contribution in [2.75, 3.05) is 11.9 Å². The van der Waals surface area contributed by atoms with E-state index in [1.807, 2.05) is 32.9 Å². The average molecular weight is 442 g/mol. The van der Waals surface area contributed by atoms with Crippen LogP contribution < -0.4 is 10.1 Å². The van der Waals surface area contributed by atoms with E-state index < -0.39 is 5.91 Å². The first kappa shape index (κ1) is 23.9. The number of rotatable bonds is 9. The number of anilines is 1. The van der Waals surface area contributed by atoms with Crippen LogP contribution in [0.4, 0.5) is 5.69 Å². The highest BCUT2D eigenvalue weighted by atomic mass is 16.5. The van der Waals surface area contributed by atoms with Gasteiger partial charge in [-0.1, -0.05) is 25.5 Å².